The van der Waals surface area contributed by atoms with Crippen molar-refractivity contribution in [1.29, 1.82) is 0 Å². The molecule has 0 saturated heterocycles. The van der Waals surface area contributed by atoms with Crippen LogP contribution in [-0.4, -0.2) is 0 Å². The molecule has 1 aliphatic heterocycles. The average molecular weight is 887 g/mol. The van der Waals surface area contributed by atoms with Gasteiger partial charge in [0.05, 0.1) is 0 Å². The van der Waals surface area contributed by atoms with Crippen LogP contribution in [0.15, 0.2) is 152 Å². The van der Waals surface area contributed by atoms with E-state index in [2.05, 4.69) is 218 Å². The first-order valence-corrected chi connectivity index (χ1v) is 19.3. The molecule has 0 aromatic heterocycles. The molecule has 5 aromatic rings. The molecular formula is C42H25Cr2O10P3. The van der Waals surface area contributed by atoms with E-state index in [1.165, 1.54) is 27.0 Å². The quantitative estimate of drug-likeness (QED) is 0.0929. The molecule has 1 aliphatic rings. The molecule has 5 aromatic carbocycles. The zero-order valence-corrected chi connectivity index (χ0v) is 34.4. The van der Waals surface area contributed by atoms with E-state index in [1.54, 1.807) is 10.6 Å². The van der Waals surface area contributed by atoms with Crippen molar-refractivity contribution in [2.24, 2.45) is 0 Å². The Morgan fingerprint density at radius 1 is 0.246 bits per heavy atom. The molecule has 0 spiro atoms. The summed E-state index contributed by atoms with van der Waals surface area (Å²) in [4.78, 5) is 0. The Bertz CT molecular complexity index is 1740. The monoisotopic (exact) mass is 886 g/mol. The Morgan fingerprint density at radius 3 is 0.632 bits per heavy atom. The minimum atomic E-state index is -0.572. The van der Waals surface area contributed by atoms with Crippen molar-refractivity contribution in [3.05, 3.63) is 229 Å². The normalized spacial score (nSPS) is 11.4. The molecule has 0 aliphatic carbocycles. The Hall–Kier alpha value is -4.41. The first-order chi connectivity index (χ1) is 27.4. The van der Waals surface area contributed by atoms with E-state index < -0.39 is 22.5 Å². The SMILES string of the molecule is [C-]#[O+].[C-]#[O+].[C-]#[O+].[C-]#[O+].[C-]#[O+].[C-]#[O+].[C-]#[O+].[C-]#[O+].[C-]#[O+].[C-]#[O+].[Cr].[Cr].c1ccc(C2=C(c3ccccc3)[P@](c3ccccc3)P(c3ccccc3)[P@@]2c2ccccc2)cc1. The van der Waals surface area contributed by atoms with Crippen molar-refractivity contribution in [2.75, 3.05) is 0 Å². The molecule has 0 fully saturated rings. The van der Waals surface area contributed by atoms with Crippen LogP contribution in [0, 0.1) is 66.5 Å². The second-order valence-corrected chi connectivity index (χ2v) is 18.4. The summed E-state index contributed by atoms with van der Waals surface area (Å²) in [6.07, 6.45) is 0. The van der Waals surface area contributed by atoms with Crippen LogP contribution in [0.2, 0.25) is 0 Å². The van der Waals surface area contributed by atoms with Crippen LogP contribution >= 0.6 is 22.5 Å². The topological polar surface area (TPSA) is 199 Å². The van der Waals surface area contributed by atoms with Gasteiger partial charge in [0.15, 0.2) is 0 Å². The summed E-state index contributed by atoms with van der Waals surface area (Å²) in [5.74, 6) is 0. The summed E-state index contributed by atoms with van der Waals surface area (Å²) in [7, 11) is -1.63. The van der Waals surface area contributed by atoms with Gasteiger partial charge in [-0.15, -0.1) is 0 Å². The van der Waals surface area contributed by atoms with E-state index in [4.69, 9.17) is 46.5 Å². The minimum absolute atomic E-state index is 0. The fourth-order valence-electron chi connectivity index (χ4n) is 4.60. The molecule has 10 nitrogen and oxygen atoms in total. The van der Waals surface area contributed by atoms with E-state index in [0.29, 0.717) is 0 Å². The Balaban J connectivity index is -0.000000200. The number of rotatable bonds is 5. The third-order valence-corrected chi connectivity index (χ3v) is 20.7. The first kappa shape index (κ1) is 67.3. The van der Waals surface area contributed by atoms with Gasteiger partial charge in [-0.25, -0.2) is 0 Å². The van der Waals surface area contributed by atoms with Crippen molar-refractivity contribution in [3.8, 4) is 0 Å². The van der Waals surface area contributed by atoms with Crippen LogP contribution in [0.1, 0.15) is 11.1 Å². The van der Waals surface area contributed by atoms with Crippen molar-refractivity contribution in [3.63, 3.8) is 0 Å². The van der Waals surface area contributed by atoms with Crippen molar-refractivity contribution >= 4 is 49.1 Å². The van der Waals surface area contributed by atoms with Crippen molar-refractivity contribution in [1.82, 2.24) is 0 Å². The maximum Gasteiger partial charge on any atom is 0.00163 e. The third kappa shape index (κ3) is 22.2. The van der Waals surface area contributed by atoms with Crippen LogP contribution in [0.25, 0.3) is 10.6 Å². The van der Waals surface area contributed by atoms with Crippen LogP contribution in [-0.2, 0) is 81.2 Å². The number of benzene rings is 5. The van der Waals surface area contributed by atoms with Crippen LogP contribution in [0.4, 0.5) is 0 Å². The molecule has 1 heterocycles. The van der Waals surface area contributed by atoms with Crippen molar-refractivity contribution < 1.29 is 81.2 Å². The molecule has 2 atom stereocenters. The summed E-state index contributed by atoms with van der Waals surface area (Å²) in [6, 6.07) is 56.2. The average Bonchev–Trinajstić information content (AvgIpc) is 3.71. The molecule has 0 amide bonds. The Kier molecular flexibility index (Phi) is 61.0. The third-order valence-electron chi connectivity index (χ3n) is 6.11. The van der Waals surface area contributed by atoms with Crippen LogP contribution < -0.4 is 15.9 Å². The van der Waals surface area contributed by atoms with Gasteiger partial charge in [-0.1, -0.05) is 152 Å². The van der Waals surface area contributed by atoms with Crippen molar-refractivity contribution in [2.45, 2.75) is 0 Å². The van der Waals surface area contributed by atoms with E-state index in [9.17, 15) is 0 Å². The summed E-state index contributed by atoms with van der Waals surface area (Å²) in [5.41, 5.74) is 2.73. The van der Waals surface area contributed by atoms with Gasteiger partial charge in [-0.3, -0.25) is 0 Å². The Labute approximate surface area is 357 Å². The Morgan fingerprint density at radius 2 is 0.421 bits per heavy atom. The van der Waals surface area contributed by atoms with E-state index >= 15 is 0 Å². The smallest absolute Gasteiger partial charge is 0.00163 e. The summed E-state index contributed by atoms with van der Waals surface area (Å²) < 4.78 is 75.0. The van der Waals surface area contributed by atoms with E-state index in [-0.39, 0.29) is 34.7 Å². The molecular weight excluding hydrogens is 861 g/mol. The summed E-state index contributed by atoms with van der Waals surface area (Å²) in [6.45, 7) is 45.0. The van der Waals surface area contributed by atoms with E-state index in [0.717, 1.165) is 0 Å². The number of hydrogen-bond acceptors (Lipinski definition) is 0. The molecule has 0 bridgehead atoms. The molecule has 15 heteroatoms. The standard InChI is InChI=1S/C32H25P3.10CO.2Cr/c1-6-16-26(17-7-1)31-32(27-18-8-2-9-19-27)34(29-22-12-4-13-23-29)35(30-24-14-5-15-25-30)33(31)28-20-10-3-11-21-28;10*1-2;;/h1-25H;;;;;;;;;;;;/t33-,34-;;;;;;;;;;;;/m0............/s1. The maximum atomic E-state index is 7.50. The zero-order valence-electron chi connectivity index (χ0n) is 29.2. The fraction of sp³-hybridized carbons (Fsp3) is 0. The molecule has 6 rings (SSSR count). The van der Waals surface area contributed by atoms with Gasteiger partial charge < -0.3 is 0 Å². The van der Waals surface area contributed by atoms with Gasteiger partial charge in [0.25, 0.3) is 0 Å². The maximum absolute atomic E-state index is 7.50. The largest absolute Gasteiger partial charge is 0.0622 e. The van der Waals surface area contributed by atoms with E-state index in [1.807, 2.05) is 0 Å². The molecule has 280 valence electrons. The van der Waals surface area contributed by atoms with Gasteiger partial charge in [0.2, 0.25) is 0 Å². The number of hydrogen-bond donors (Lipinski definition) is 0. The molecule has 0 unspecified atom stereocenters. The second kappa shape index (κ2) is 51.6. The summed E-state index contributed by atoms with van der Waals surface area (Å²) in [5, 5.41) is 7.58. The molecule has 57 heavy (non-hydrogen) atoms. The fourth-order valence-corrected chi connectivity index (χ4v) is 22.8. The molecule has 0 saturated carbocycles. The van der Waals surface area contributed by atoms with Crippen LogP contribution in [0.3, 0.4) is 0 Å². The van der Waals surface area contributed by atoms with Gasteiger partial charge in [-0.2, -0.15) is 0 Å². The summed E-state index contributed by atoms with van der Waals surface area (Å²) >= 11 is 0. The minimum Gasteiger partial charge on any atom is -0.0622 e. The van der Waals surface area contributed by atoms with Gasteiger partial charge in [-0.05, 0) is 49.6 Å². The van der Waals surface area contributed by atoms with Gasteiger partial charge in [0, 0.05) is 45.4 Å². The second-order valence-electron chi connectivity index (χ2n) is 8.35. The predicted molar refractivity (Wildman–Crippen MR) is 198 cm³/mol. The predicted octanol–water partition coefficient (Wildman–Crippen LogP) is 8.40. The van der Waals surface area contributed by atoms with Crippen LogP contribution in [0.5, 0.6) is 0 Å². The first-order valence-electron chi connectivity index (χ1n) is 13.9. The molecule has 0 N–H and O–H groups in total. The van der Waals surface area contributed by atoms with Gasteiger partial charge >= 0.3 is 113 Å². The molecule has 0 radical (unpaired) electrons. The van der Waals surface area contributed by atoms with Gasteiger partial charge in [0.1, 0.15) is 0 Å². The zero-order chi connectivity index (χ0) is 43.5.